The van der Waals surface area contributed by atoms with E-state index in [2.05, 4.69) is 50.9 Å². The van der Waals surface area contributed by atoms with Crippen molar-refractivity contribution in [1.29, 1.82) is 0 Å². The second kappa shape index (κ2) is 11.7. The number of rotatable bonds is 6. The Morgan fingerprint density at radius 1 is 1.26 bits per heavy atom. The van der Waals surface area contributed by atoms with Crippen molar-refractivity contribution in [3.05, 3.63) is 42.6 Å². The van der Waals surface area contributed by atoms with Gasteiger partial charge in [-0.2, -0.15) is 0 Å². The summed E-state index contributed by atoms with van der Waals surface area (Å²) in [4.78, 5) is 16.1. The van der Waals surface area contributed by atoms with Crippen LogP contribution in [-0.4, -0.2) is 51.1 Å². The number of pyridine rings is 1. The summed E-state index contributed by atoms with van der Waals surface area (Å²) in [7, 11) is 0. The minimum absolute atomic E-state index is 0. The summed E-state index contributed by atoms with van der Waals surface area (Å²) < 4.78 is 8.43. The van der Waals surface area contributed by atoms with E-state index in [1.54, 1.807) is 0 Å². The molecule has 1 N–H and O–H groups in total. The van der Waals surface area contributed by atoms with Crippen LogP contribution in [0.15, 0.2) is 42.0 Å². The molecule has 2 fully saturated rings. The Balaban J connectivity index is 0.00000272. The van der Waals surface area contributed by atoms with Crippen molar-refractivity contribution in [2.45, 2.75) is 64.6 Å². The molecular formula is C23H35IN6O. The van der Waals surface area contributed by atoms with Gasteiger partial charge < -0.3 is 19.5 Å². The molecular weight excluding hydrogens is 503 g/mol. The topological polar surface area (TPSA) is 67.6 Å². The monoisotopic (exact) mass is 538 g/mol. The molecule has 170 valence electrons. The Kier molecular flexibility index (Phi) is 8.98. The summed E-state index contributed by atoms with van der Waals surface area (Å²) in [5, 5.41) is 3.49. The van der Waals surface area contributed by atoms with Crippen molar-refractivity contribution < 1.29 is 4.74 Å². The fourth-order valence-electron chi connectivity index (χ4n) is 4.50. The van der Waals surface area contributed by atoms with E-state index >= 15 is 0 Å². The average molecular weight is 538 g/mol. The van der Waals surface area contributed by atoms with Crippen molar-refractivity contribution in [3.63, 3.8) is 0 Å². The van der Waals surface area contributed by atoms with Crippen LogP contribution in [-0.2, 0) is 6.54 Å². The predicted molar refractivity (Wildman–Crippen MR) is 134 cm³/mol. The fraction of sp³-hybridized carbons (Fsp3) is 0.609. The zero-order chi connectivity index (χ0) is 20.8. The standard InChI is InChI=1S/C23H34N6O.HI/c1-3-25-23(28-13-10-18(2)21(16-28)29-14-12-24-17-29)27-15-19-7-6-11-26-22(19)30-20-8-4-5-9-20;/h6-7,11-12,14,17-18,20-21H,3-5,8-10,13,15-16H2,1-2H3,(H,25,27);1H. The van der Waals surface area contributed by atoms with Crippen LogP contribution in [0.4, 0.5) is 0 Å². The molecule has 1 saturated carbocycles. The van der Waals surface area contributed by atoms with Gasteiger partial charge in [0.05, 0.1) is 18.9 Å². The molecule has 0 amide bonds. The molecule has 0 aromatic carbocycles. The largest absolute Gasteiger partial charge is 0.474 e. The lowest BCUT2D eigenvalue weighted by molar-refractivity contribution is 0.188. The number of aromatic nitrogens is 3. The Morgan fingerprint density at radius 3 is 2.84 bits per heavy atom. The first-order valence-electron chi connectivity index (χ1n) is 11.4. The molecule has 2 aliphatic rings. The highest BCUT2D eigenvalue weighted by Gasteiger charge is 2.29. The number of piperidine rings is 1. The fourth-order valence-corrected chi connectivity index (χ4v) is 4.50. The van der Waals surface area contributed by atoms with Gasteiger partial charge in [-0.15, -0.1) is 24.0 Å². The van der Waals surface area contributed by atoms with E-state index < -0.39 is 0 Å². The molecule has 7 nitrogen and oxygen atoms in total. The number of guanidine groups is 1. The number of likely N-dealkylation sites (tertiary alicyclic amines) is 1. The first kappa shape index (κ1) is 23.8. The summed E-state index contributed by atoms with van der Waals surface area (Å²) in [5.74, 6) is 2.32. The normalized spacial score (nSPS) is 22.3. The summed E-state index contributed by atoms with van der Waals surface area (Å²) in [5.41, 5.74) is 1.05. The van der Waals surface area contributed by atoms with Gasteiger partial charge >= 0.3 is 0 Å². The van der Waals surface area contributed by atoms with E-state index in [-0.39, 0.29) is 24.0 Å². The minimum Gasteiger partial charge on any atom is -0.474 e. The van der Waals surface area contributed by atoms with Crippen molar-refractivity contribution >= 4 is 29.9 Å². The van der Waals surface area contributed by atoms with Gasteiger partial charge in [0.1, 0.15) is 6.10 Å². The number of nitrogens with zero attached hydrogens (tertiary/aromatic N) is 5. The second-order valence-electron chi connectivity index (χ2n) is 8.45. The molecule has 8 heteroatoms. The molecule has 2 atom stereocenters. The van der Waals surface area contributed by atoms with Gasteiger partial charge in [-0.1, -0.05) is 13.0 Å². The van der Waals surface area contributed by atoms with Crippen LogP contribution < -0.4 is 10.1 Å². The molecule has 0 bridgehead atoms. The molecule has 1 saturated heterocycles. The SMILES string of the molecule is CCNC(=NCc1cccnc1OC1CCCC1)N1CCC(C)C(n2ccnc2)C1.I. The molecule has 1 aliphatic heterocycles. The number of hydrogen-bond acceptors (Lipinski definition) is 4. The van der Waals surface area contributed by atoms with Gasteiger partial charge in [-0.25, -0.2) is 15.0 Å². The van der Waals surface area contributed by atoms with E-state index in [4.69, 9.17) is 9.73 Å². The molecule has 2 aromatic rings. The lowest BCUT2D eigenvalue weighted by atomic mass is 9.93. The summed E-state index contributed by atoms with van der Waals surface area (Å²) in [6.45, 7) is 7.81. The quantitative estimate of drug-likeness (QED) is 0.338. The number of nitrogens with one attached hydrogen (secondary N) is 1. The molecule has 4 rings (SSSR count). The van der Waals surface area contributed by atoms with Gasteiger partial charge in [0.15, 0.2) is 5.96 Å². The zero-order valence-corrected chi connectivity index (χ0v) is 20.9. The predicted octanol–water partition coefficient (Wildman–Crippen LogP) is 4.27. The number of hydrogen-bond donors (Lipinski definition) is 1. The maximum Gasteiger partial charge on any atom is 0.218 e. The van der Waals surface area contributed by atoms with Gasteiger partial charge in [0, 0.05) is 43.8 Å². The second-order valence-corrected chi connectivity index (χ2v) is 8.45. The van der Waals surface area contributed by atoms with Crippen LogP contribution in [0.1, 0.15) is 57.6 Å². The highest BCUT2D eigenvalue weighted by atomic mass is 127. The molecule has 1 aliphatic carbocycles. The maximum absolute atomic E-state index is 6.20. The first-order chi connectivity index (χ1) is 14.7. The molecule has 2 unspecified atom stereocenters. The molecule has 3 heterocycles. The van der Waals surface area contributed by atoms with E-state index in [1.165, 1.54) is 12.8 Å². The Labute approximate surface area is 202 Å². The average Bonchev–Trinajstić information content (AvgIpc) is 3.47. The van der Waals surface area contributed by atoms with Gasteiger partial charge in [-0.3, -0.25) is 0 Å². The van der Waals surface area contributed by atoms with Gasteiger partial charge in [-0.05, 0) is 51.0 Å². The van der Waals surface area contributed by atoms with Crippen molar-refractivity contribution in [3.8, 4) is 5.88 Å². The van der Waals surface area contributed by atoms with Crippen LogP contribution in [0.25, 0.3) is 0 Å². The van der Waals surface area contributed by atoms with Crippen LogP contribution in [0.2, 0.25) is 0 Å². The van der Waals surface area contributed by atoms with Gasteiger partial charge in [0.25, 0.3) is 0 Å². The summed E-state index contributed by atoms with van der Waals surface area (Å²) in [6.07, 6.45) is 13.9. The number of imidazole rings is 1. The van der Waals surface area contributed by atoms with Crippen molar-refractivity contribution in [1.82, 2.24) is 24.8 Å². The highest BCUT2D eigenvalue weighted by Crippen LogP contribution is 2.28. The summed E-state index contributed by atoms with van der Waals surface area (Å²) in [6, 6.07) is 4.46. The molecule has 2 aromatic heterocycles. The van der Waals surface area contributed by atoms with E-state index in [0.29, 0.717) is 24.6 Å². The maximum atomic E-state index is 6.20. The van der Waals surface area contributed by atoms with Crippen LogP contribution in [0.3, 0.4) is 0 Å². The third-order valence-corrected chi connectivity index (χ3v) is 6.29. The lowest BCUT2D eigenvalue weighted by Crippen LogP contribution is -2.49. The van der Waals surface area contributed by atoms with Crippen LogP contribution >= 0.6 is 24.0 Å². The molecule has 0 radical (unpaired) electrons. The van der Waals surface area contributed by atoms with E-state index in [0.717, 1.165) is 56.3 Å². The number of ether oxygens (including phenoxy) is 1. The van der Waals surface area contributed by atoms with Crippen molar-refractivity contribution in [2.24, 2.45) is 10.9 Å². The first-order valence-corrected chi connectivity index (χ1v) is 11.4. The Bertz CT molecular complexity index is 821. The summed E-state index contributed by atoms with van der Waals surface area (Å²) >= 11 is 0. The van der Waals surface area contributed by atoms with Gasteiger partial charge in [0.2, 0.25) is 5.88 Å². The van der Waals surface area contributed by atoms with Crippen LogP contribution in [0.5, 0.6) is 5.88 Å². The number of aliphatic imine (C=N–C) groups is 1. The zero-order valence-electron chi connectivity index (χ0n) is 18.6. The Morgan fingerprint density at radius 2 is 2.10 bits per heavy atom. The van der Waals surface area contributed by atoms with E-state index in [9.17, 15) is 0 Å². The highest BCUT2D eigenvalue weighted by molar-refractivity contribution is 14.0. The third kappa shape index (κ3) is 6.11. The Hall–Kier alpha value is -1.84. The van der Waals surface area contributed by atoms with E-state index in [1.807, 2.05) is 24.8 Å². The third-order valence-electron chi connectivity index (χ3n) is 6.29. The minimum atomic E-state index is 0. The smallest absolute Gasteiger partial charge is 0.218 e. The molecule has 0 spiro atoms. The molecule has 31 heavy (non-hydrogen) atoms. The van der Waals surface area contributed by atoms with Crippen molar-refractivity contribution in [2.75, 3.05) is 19.6 Å². The van der Waals surface area contributed by atoms with Crippen LogP contribution in [0, 0.1) is 5.92 Å². The number of halogens is 1. The lowest BCUT2D eigenvalue weighted by Gasteiger charge is -2.39.